The van der Waals surface area contributed by atoms with E-state index in [9.17, 15) is 0 Å². The van der Waals surface area contributed by atoms with E-state index in [1.807, 2.05) is 0 Å². The third-order valence-electron chi connectivity index (χ3n) is 2.62. The summed E-state index contributed by atoms with van der Waals surface area (Å²) in [6.07, 6.45) is 2.49. The second-order valence-corrected chi connectivity index (χ2v) is 4.16. The van der Waals surface area contributed by atoms with E-state index in [4.69, 9.17) is 5.73 Å². The highest BCUT2D eigenvalue weighted by atomic mass is 15.1. The summed E-state index contributed by atoms with van der Waals surface area (Å²) in [5.74, 6) is 1.49. The van der Waals surface area contributed by atoms with Crippen LogP contribution in [0.25, 0.3) is 0 Å². The Morgan fingerprint density at radius 1 is 1.54 bits per heavy atom. The normalized spacial score (nSPS) is 18.7. The van der Waals surface area contributed by atoms with Gasteiger partial charge in [-0.15, -0.1) is 0 Å². The van der Waals surface area contributed by atoms with Crippen molar-refractivity contribution in [1.29, 1.82) is 0 Å². The highest BCUT2D eigenvalue weighted by Gasteiger charge is 2.25. The zero-order valence-electron chi connectivity index (χ0n) is 8.95. The lowest BCUT2D eigenvalue weighted by Crippen LogP contribution is -2.29. The van der Waals surface area contributed by atoms with Crippen molar-refractivity contribution in [3.05, 3.63) is 0 Å². The molecule has 1 saturated carbocycles. The average molecular weight is 183 g/mol. The summed E-state index contributed by atoms with van der Waals surface area (Å²) in [7, 11) is 2.12. The van der Waals surface area contributed by atoms with Crippen LogP contribution in [0.4, 0.5) is 0 Å². The van der Waals surface area contributed by atoms with Crippen LogP contribution in [0.2, 0.25) is 0 Å². The van der Waals surface area contributed by atoms with Gasteiger partial charge in [-0.2, -0.15) is 0 Å². The Balaban J connectivity index is 2.15. The van der Waals surface area contributed by atoms with Gasteiger partial charge in [0.25, 0.3) is 0 Å². The fourth-order valence-electron chi connectivity index (χ4n) is 1.10. The minimum absolute atomic E-state index is 0.595. The van der Waals surface area contributed by atoms with Crippen LogP contribution in [0.5, 0.6) is 0 Å². The summed E-state index contributed by atoms with van der Waals surface area (Å²) < 4.78 is 0. The first-order chi connectivity index (χ1) is 6.11. The molecule has 2 N–H and O–H groups in total. The van der Waals surface area contributed by atoms with Gasteiger partial charge in [-0.1, -0.05) is 0 Å². The van der Waals surface area contributed by atoms with Crippen LogP contribution in [-0.2, 0) is 0 Å². The number of hydrogen-bond donors (Lipinski definition) is 1. The third-order valence-corrected chi connectivity index (χ3v) is 2.62. The summed E-state index contributed by atoms with van der Waals surface area (Å²) >= 11 is 0. The van der Waals surface area contributed by atoms with Gasteiger partial charge in [0.2, 0.25) is 0 Å². The maximum absolute atomic E-state index is 5.77. The lowest BCUT2D eigenvalue weighted by molar-refractivity contribution is 0.282. The van der Waals surface area contributed by atoms with Gasteiger partial charge in [0.05, 0.1) is 12.4 Å². The van der Waals surface area contributed by atoms with Gasteiger partial charge in [0, 0.05) is 18.5 Å². The first-order valence-corrected chi connectivity index (χ1v) is 5.11. The molecule has 1 fully saturated rings. The van der Waals surface area contributed by atoms with E-state index in [1.165, 1.54) is 12.8 Å². The SMILES string of the molecule is CC(C)N(C)CCN=C(N)C1CC1. The first kappa shape index (κ1) is 10.5. The molecule has 3 nitrogen and oxygen atoms in total. The highest BCUT2D eigenvalue weighted by Crippen LogP contribution is 2.28. The molecule has 0 aliphatic heterocycles. The van der Waals surface area contributed by atoms with Crippen LogP contribution < -0.4 is 5.73 Å². The molecule has 3 heteroatoms. The Labute approximate surface area is 81.0 Å². The molecule has 76 valence electrons. The molecule has 0 unspecified atom stereocenters. The molecule has 0 aromatic heterocycles. The van der Waals surface area contributed by atoms with E-state index in [0.29, 0.717) is 12.0 Å². The molecule has 1 rings (SSSR count). The summed E-state index contributed by atoms with van der Waals surface area (Å²) in [5.41, 5.74) is 5.77. The number of hydrogen-bond acceptors (Lipinski definition) is 2. The fourth-order valence-corrected chi connectivity index (χ4v) is 1.10. The van der Waals surface area contributed by atoms with Crippen molar-refractivity contribution in [3.8, 4) is 0 Å². The lowest BCUT2D eigenvalue weighted by Gasteiger charge is -2.19. The van der Waals surface area contributed by atoms with Crippen molar-refractivity contribution in [3.63, 3.8) is 0 Å². The van der Waals surface area contributed by atoms with Crippen molar-refractivity contribution < 1.29 is 0 Å². The van der Waals surface area contributed by atoms with Crippen molar-refractivity contribution in [1.82, 2.24) is 4.90 Å². The maximum Gasteiger partial charge on any atom is 0.0968 e. The molecule has 0 aromatic rings. The lowest BCUT2D eigenvalue weighted by atomic mass is 10.3. The van der Waals surface area contributed by atoms with Crippen molar-refractivity contribution in [2.75, 3.05) is 20.1 Å². The molecule has 0 heterocycles. The topological polar surface area (TPSA) is 41.6 Å². The van der Waals surface area contributed by atoms with E-state index in [-0.39, 0.29) is 0 Å². The zero-order chi connectivity index (χ0) is 9.84. The first-order valence-electron chi connectivity index (χ1n) is 5.11. The number of nitrogens with zero attached hydrogens (tertiary/aromatic N) is 2. The van der Waals surface area contributed by atoms with E-state index in [2.05, 4.69) is 30.8 Å². The van der Waals surface area contributed by atoms with E-state index >= 15 is 0 Å². The quantitative estimate of drug-likeness (QED) is 0.512. The number of nitrogens with two attached hydrogens (primary N) is 1. The number of likely N-dealkylation sites (N-methyl/N-ethyl adjacent to an activating group) is 1. The molecule has 0 bridgehead atoms. The number of rotatable bonds is 5. The summed E-state index contributed by atoms with van der Waals surface area (Å²) in [6.45, 7) is 6.23. The highest BCUT2D eigenvalue weighted by molar-refractivity contribution is 5.84. The largest absolute Gasteiger partial charge is 0.387 e. The molecule has 0 aromatic carbocycles. The Morgan fingerprint density at radius 2 is 2.15 bits per heavy atom. The molecule has 1 aliphatic rings. The standard InChI is InChI=1S/C10H21N3/c1-8(2)13(3)7-6-12-10(11)9-4-5-9/h8-9H,4-7H2,1-3H3,(H2,11,12). The Morgan fingerprint density at radius 3 is 2.62 bits per heavy atom. The van der Waals surface area contributed by atoms with Crippen LogP contribution in [0.3, 0.4) is 0 Å². The molecular formula is C10H21N3. The Hall–Kier alpha value is -0.570. The van der Waals surface area contributed by atoms with Gasteiger partial charge >= 0.3 is 0 Å². The Bertz CT molecular complexity index is 183. The van der Waals surface area contributed by atoms with Crippen LogP contribution >= 0.6 is 0 Å². The molecule has 1 aliphatic carbocycles. The second-order valence-electron chi connectivity index (χ2n) is 4.16. The minimum atomic E-state index is 0.595. The summed E-state index contributed by atoms with van der Waals surface area (Å²) in [4.78, 5) is 6.64. The predicted octanol–water partition coefficient (Wildman–Crippen LogP) is 1.09. The second kappa shape index (κ2) is 4.61. The van der Waals surface area contributed by atoms with Gasteiger partial charge in [-0.25, -0.2) is 0 Å². The average Bonchev–Trinajstić information content (AvgIpc) is 2.85. The van der Waals surface area contributed by atoms with Crippen molar-refractivity contribution >= 4 is 5.84 Å². The maximum atomic E-state index is 5.77. The third kappa shape index (κ3) is 3.77. The van der Waals surface area contributed by atoms with Crippen molar-refractivity contribution in [2.45, 2.75) is 32.7 Å². The monoisotopic (exact) mass is 183 g/mol. The fraction of sp³-hybridized carbons (Fsp3) is 0.900. The van der Waals surface area contributed by atoms with E-state index in [0.717, 1.165) is 18.9 Å². The van der Waals surface area contributed by atoms with Gasteiger partial charge < -0.3 is 10.6 Å². The zero-order valence-corrected chi connectivity index (χ0v) is 8.95. The molecule has 0 radical (unpaired) electrons. The van der Waals surface area contributed by atoms with Crippen LogP contribution in [0.15, 0.2) is 4.99 Å². The molecule has 0 saturated heterocycles. The predicted molar refractivity (Wildman–Crippen MR) is 57.0 cm³/mol. The van der Waals surface area contributed by atoms with Crippen molar-refractivity contribution in [2.24, 2.45) is 16.6 Å². The van der Waals surface area contributed by atoms with Gasteiger partial charge in [0.1, 0.15) is 0 Å². The molecule has 0 amide bonds. The van der Waals surface area contributed by atoms with E-state index < -0.39 is 0 Å². The summed E-state index contributed by atoms with van der Waals surface area (Å²) in [5, 5.41) is 0. The van der Waals surface area contributed by atoms with E-state index in [1.54, 1.807) is 0 Å². The van der Waals surface area contributed by atoms with Crippen LogP contribution in [-0.4, -0.2) is 36.9 Å². The molecule has 13 heavy (non-hydrogen) atoms. The smallest absolute Gasteiger partial charge is 0.0968 e. The number of amidine groups is 1. The minimum Gasteiger partial charge on any atom is -0.387 e. The van der Waals surface area contributed by atoms with Gasteiger partial charge in [-0.05, 0) is 33.7 Å². The number of aliphatic imine (C=N–C) groups is 1. The molecule has 0 atom stereocenters. The molecule has 0 spiro atoms. The van der Waals surface area contributed by atoms with Gasteiger partial charge in [-0.3, -0.25) is 4.99 Å². The molecular weight excluding hydrogens is 162 g/mol. The Kier molecular flexibility index (Phi) is 3.72. The summed E-state index contributed by atoms with van der Waals surface area (Å²) in [6, 6.07) is 0.595. The van der Waals surface area contributed by atoms with Crippen LogP contribution in [0, 0.1) is 5.92 Å². The van der Waals surface area contributed by atoms with Crippen LogP contribution in [0.1, 0.15) is 26.7 Å². The van der Waals surface area contributed by atoms with Gasteiger partial charge in [0.15, 0.2) is 0 Å².